The molecule has 1 aromatic heterocycles. The second-order valence-corrected chi connectivity index (χ2v) is 5.50. The first-order chi connectivity index (χ1) is 9.04. The summed E-state index contributed by atoms with van der Waals surface area (Å²) in [6.45, 7) is 5.05. The van der Waals surface area contributed by atoms with Crippen molar-refractivity contribution in [3.8, 4) is 0 Å². The Labute approximate surface area is 121 Å². The first kappa shape index (κ1) is 13.8. The predicted octanol–water partition coefficient (Wildman–Crippen LogP) is 3.56. The second kappa shape index (κ2) is 6.02. The maximum absolute atomic E-state index is 5.66. The number of nitrogen functional groups attached to an aromatic ring is 1. The second-order valence-electron chi connectivity index (χ2n) is 4.69. The van der Waals surface area contributed by atoms with Gasteiger partial charge in [-0.1, -0.05) is 38.1 Å². The van der Waals surface area contributed by atoms with E-state index in [1.54, 1.807) is 6.07 Å². The average molecular weight is 321 g/mol. The van der Waals surface area contributed by atoms with Crippen LogP contribution in [0.3, 0.4) is 0 Å². The minimum absolute atomic E-state index is 0.444. The van der Waals surface area contributed by atoms with Crippen molar-refractivity contribution in [2.45, 2.75) is 26.3 Å². The van der Waals surface area contributed by atoms with Gasteiger partial charge in [0.25, 0.3) is 0 Å². The highest BCUT2D eigenvalue weighted by Crippen LogP contribution is 2.16. The maximum Gasteiger partial charge on any atom is 0.225 e. The number of halogens is 1. The largest absolute Gasteiger partial charge is 0.383 e. The van der Waals surface area contributed by atoms with E-state index in [4.69, 9.17) is 5.73 Å². The zero-order chi connectivity index (χ0) is 13.8. The number of nitrogens with zero attached hydrogens (tertiary/aromatic N) is 2. The summed E-state index contributed by atoms with van der Waals surface area (Å²) in [5.74, 6) is 1.52. The Morgan fingerprint density at radius 2 is 1.89 bits per heavy atom. The van der Waals surface area contributed by atoms with Crippen LogP contribution < -0.4 is 11.1 Å². The number of anilines is 2. The van der Waals surface area contributed by atoms with Crippen LogP contribution in [0.5, 0.6) is 0 Å². The lowest BCUT2D eigenvalue weighted by Crippen LogP contribution is -2.05. The molecule has 0 amide bonds. The molecule has 0 aliphatic rings. The monoisotopic (exact) mass is 320 g/mol. The van der Waals surface area contributed by atoms with Gasteiger partial charge in [0.1, 0.15) is 10.4 Å². The molecule has 3 N–H and O–H groups in total. The molecule has 0 unspecified atom stereocenters. The van der Waals surface area contributed by atoms with E-state index >= 15 is 0 Å². The number of benzene rings is 1. The highest BCUT2D eigenvalue weighted by molar-refractivity contribution is 9.10. The number of nitrogens with two attached hydrogens (primary N) is 1. The lowest BCUT2D eigenvalue weighted by Gasteiger charge is -2.08. The van der Waals surface area contributed by atoms with Gasteiger partial charge >= 0.3 is 0 Å². The molecule has 5 heteroatoms. The van der Waals surface area contributed by atoms with Gasteiger partial charge in [0.15, 0.2) is 0 Å². The fraction of sp³-hybridized carbons (Fsp3) is 0.286. The molecule has 0 saturated heterocycles. The lowest BCUT2D eigenvalue weighted by atomic mass is 10.0. The smallest absolute Gasteiger partial charge is 0.225 e. The Bertz CT molecular complexity index is 532. The summed E-state index contributed by atoms with van der Waals surface area (Å²) in [6.07, 6.45) is 0. The van der Waals surface area contributed by atoms with E-state index < -0.39 is 0 Å². The summed E-state index contributed by atoms with van der Waals surface area (Å²) >= 11 is 3.29. The summed E-state index contributed by atoms with van der Waals surface area (Å²) in [4.78, 5) is 8.33. The van der Waals surface area contributed by atoms with E-state index in [-0.39, 0.29) is 0 Å². The first-order valence-corrected chi connectivity index (χ1v) is 6.96. The molecule has 0 bridgehead atoms. The molecule has 100 valence electrons. The summed E-state index contributed by atoms with van der Waals surface area (Å²) < 4.78 is 0.678. The first-order valence-electron chi connectivity index (χ1n) is 6.17. The predicted molar refractivity (Wildman–Crippen MR) is 82.0 cm³/mol. The van der Waals surface area contributed by atoms with Crippen LogP contribution in [0.25, 0.3) is 0 Å². The molecule has 0 aliphatic heterocycles. The van der Waals surface area contributed by atoms with Crippen LogP contribution >= 0.6 is 15.9 Å². The molecule has 0 fully saturated rings. The van der Waals surface area contributed by atoms with E-state index in [0.29, 0.717) is 28.8 Å². The Hall–Kier alpha value is -1.62. The van der Waals surface area contributed by atoms with Gasteiger partial charge in [-0.2, -0.15) is 4.98 Å². The highest BCUT2D eigenvalue weighted by Gasteiger charge is 2.02. The number of hydrogen-bond donors (Lipinski definition) is 2. The molecule has 2 aromatic rings. The van der Waals surface area contributed by atoms with Crippen molar-refractivity contribution in [2.75, 3.05) is 11.1 Å². The number of nitrogens with one attached hydrogen (secondary N) is 1. The van der Waals surface area contributed by atoms with Gasteiger partial charge in [0, 0.05) is 12.6 Å². The zero-order valence-corrected chi connectivity index (χ0v) is 12.6. The van der Waals surface area contributed by atoms with E-state index in [2.05, 4.69) is 69.3 Å². The van der Waals surface area contributed by atoms with Crippen LogP contribution in [0.1, 0.15) is 30.9 Å². The zero-order valence-electron chi connectivity index (χ0n) is 11.0. The van der Waals surface area contributed by atoms with Gasteiger partial charge in [-0.05, 0) is 33.0 Å². The van der Waals surface area contributed by atoms with E-state index in [0.717, 1.165) is 0 Å². The quantitative estimate of drug-likeness (QED) is 0.845. The van der Waals surface area contributed by atoms with Crippen molar-refractivity contribution in [2.24, 2.45) is 0 Å². The van der Waals surface area contributed by atoms with Crippen molar-refractivity contribution in [3.63, 3.8) is 0 Å². The summed E-state index contributed by atoms with van der Waals surface area (Å²) in [5, 5.41) is 3.16. The molecule has 0 radical (unpaired) electrons. The van der Waals surface area contributed by atoms with Crippen LogP contribution in [0.2, 0.25) is 0 Å². The van der Waals surface area contributed by atoms with E-state index in [1.165, 1.54) is 11.1 Å². The van der Waals surface area contributed by atoms with E-state index in [1.807, 2.05) is 0 Å². The molecule has 0 spiro atoms. The normalized spacial score (nSPS) is 10.7. The summed E-state index contributed by atoms with van der Waals surface area (Å²) in [6, 6.07) is 10.2. The molecule has 1 heterocycles. The molecule has 1 aromatic carbocycles. The highest BCUT2D eigenvalue weighted by atomic mass is 79.9. The van der Waals surface area contributed by atoms with Gasteiger partial charge in [0.05, 0.1) is 0 Å². The van der Waals surface area contributed by atoms with Crippen molar-refractivity contribution < 1.29 is 0 Å². The third-order valence-corrected chi connectivity index (χ3v) is 3.22. The third-order valence-electron chi connectivity index (χ3n) is 2.81. The number of rotatable bonds is 4. The molecular weight excluding hydrogens is 304 g/mol. The fourth-order valence-corrected chi connectivity index (χ4v) is 2.12. The minimum atomic E-state index is 0.444. The molecule has 0 saturated carbocycles. The average Bonchev–Trinajstić information content (AvgIpc) is 2.36. The van der Waals surface area contributed by atoms with Gasteiger partial charge in [-0.15, -0.1) is 0 Å². The Morgan fingerprint density at radius 1 is 1.21 bits per heavy atom. The topological polar surface area (TPSA) is 63.8 Å². The van der Waals surface area contributed by atoms with Crippen LogP contribution in [-0.2, 0) is 6.54 Å². The molecule has 0 atom stereocenters. The van der Waals surface area contributed by atoms with E-state index in [9.17, 15) is 0 Å². The Morgan fingerprint density at radius 3 is 2.47 bits per heavy atom. The fourth-order valence-electron chi connectivity index (χ4n) is 1.72. The van der Waals surface area contributed by atoms with Crippen molar-refractivity contribution in [1.29, 1.82) is 0 Å². The van der Waals surface area contributed by atoms with Gasteiger partial charge in [-0.3, -0.25) is 0 Å². The van der Waals surface area contributed by atoms with Crippen molar-refractivity contribution in [3.05, 3.63) is 46.1 Å². The van der Waals surface area contributed by atoms with Crippen LogP contribution in [0.15, 0.2) is 34.9 Å². The molecule has 4 nitrogen and oxygen atoms in total. The SMILES string of the molecule is CC(C)c1ccc(CNc2nc(N)cc(Br)n2)cc1. The van der Waals surface area contributed by atoms with Crippen LogP contribution in [0.4, 0.5) is 11.8 Å². The third kappa shape index (κ3) is 3.92. The van der Waals surface area contributed by atoms with Crippen LogP contribution in [-0.4, -0.2) is 9.97 Å². The lowest BCUT2D eigenvalue weighted by molar-refractivity contribution is 0.865. The number of hydrogen-bond acceptors (Lipinski definition) is 4. The maximum atomic E-state index is 5.66. The van der Waals surface area contributed by atoms with Gasteiger partial charge in [0.2, 0.25) is 5.95 Å². The van der Waals surface area contributed by atoms with Crippen LogP contribution in [0, 0.1) is 0 Å². The summed E-state index contributed by atoms with van der Waals surface area (Å²) in [7, 11) is 0. The standard InChI is InChI=1S/C14H17BrN4/c1-9(2)11-5-3-10(4-6-11)8-17-14-18-12(15)7-13(16)19-14/h3-7,9H,8H2,1-2H3,(H3,16,17,18,19). The molecule has 0 aliphatic carbocycles. The summed E-state index contributed by atoms with van der Waals surface area (Å²) in [5.41, 5.74) is 8.19. The Kier molecular flexibility index (Phi) is 4.37. The minimum Gasteiger partial charge on any atom is -0.383 e. The van der Waals surface area contributed by atoms with Crippen molar-refractivity contribution >= 4 is 27.7 Å². The molecular formula is C14H17BrN4. The molecule has 19 heavy (non-hydrogen) atoms. The Balaban J connectivity index is 2.02. The molecule has 2 rings (SSSR count). The van der Waals surface area contributed by atoms with Crippen molar-refractivity contribution in [1.82, 2.24) is 9.97 Å². The van der Waals surface area contributed by atoms with Gasteiger partial charge in [-0.25, -0.2) is 4.98 Å². The van der Waals surface area contributed by atoms with Gasteiger partial charge < -0.3 is 11.1 Å². The number of aromatic nitrogens is 2.